The molecule has 0 radical (unpaired) electrons. The summed E-state index contributed by atoms with van der Waals surface area (Å²) in [6.45, 7) is 7.33. The topological polar surface area (TPSA) is 43.8 Å². The Morgan fingerprint density at radius 1 is 1.46 bits per heavy atom. The number of nitrogen functional groups attached to an aromatic ring is 1. The molecule has 1 aromatic rings. The van der Waals surface area contributed by atoms with Crippen molar-refractivity contribution in [3.8, 4) is 0 Å². The van der Waals surface area contributed by atoms with Gasteiger partial charge in [-0.25, -0.2) is 0 Å². The Kier molecular flexibility index (Phi) is 3.12. The Labute approximate surface area is 79.2 Å². The summed E-state index contributed by atoms with van der Waals surface area (Å²) < 4.78 is 1.88. The summed E-state index contributed by atoms with van der Waals surface area (Å²) in [5.41, 5.74) is 9.09. The average molecular weight is 179 g/mol. The molecule has 0 aliphatic carbocycles. The van der Waals surface area contributed by atoms with Gasteiger partial charge in [-0.15, -0.1) is 0 Å². The number of aryl methyl sites for hydroxylation is 1. The molecule has 0 aromatic carbocycles. The predicted molar refractivity (Wildman–Crippen MR) is 55.3 cm³/mol. The first-order chi connectivity index (χ1) is 6.09. The van der Waals surface area contributed by atoms with Crippen LogP contribution in [0.15, 0.2) is 23.5 Å². The predicted octanol–water partition coefficient (Wildman–Crippen LogP) is 2.21. The highest BCUT2D eigenvalue weighted by Crippen LogP contribution is 2.08. The second-order valence-corrected chi connectivity index (χ2v) is 3.57. The smallest absolute Gasteiger partial charge is 0.0719 e. The van der Waals surface area contributed by atoms with Crippen LogP contribution in [0.1, 0.15) is 27.2 Å². The Balaban J connectivity index is 2.49. The van der Waals surface area contributed by atoms with Crippen molar-refractivity contribution in [2.75, 3.05) is 5.73 Å². The number of nitrogens with zero attached hydrogens (tertiary/aromatic N) is 2. The second-order valence-electron chi connectivity index (χ2n) is 3.57. The molecule has 0 fully saturated rings. The van der Waals surface area contributed by atoms with Crippen LogP contribution in [-0.2, 0) is 6.54 Å². The minimum Gasteiger partial charge on any atom is -0.396 e. The normalized spacial score (nSPS) is 10.1. The number of aromatic nitrogens is 2. The quantitative estimate of drug-likeness (QED) is 0.723. The zero-order valence-corrected chi connectivity index (χ0v) is 8.54. The lowest BCUT2D eigenvalue weighted by Crippen LogP contribution is -1.99. The summed E-state index contributed by atoms with van der Waals surface area (Å²) in [7, 11) is 0. The van der Waals surface area contributed by atoms with E-state index in [1.807, 2.05) is 10.9 Å². The van der Waals surface area contributed by atoms with Gasteiger partial charge in [0.15, 0.2) is 0 Å². The van der Waals surface area contributed by atoms with Crippen molar-refractivity contribution in [1.82, 2.24) is 9.78 Å². The van der Waals surface area contributed by atoms with Crippen molar-refractivity contribution in [2.45, 2.75) is 33.7 Å². The Hall–Kier alpha value is -1.25. The Morgan fingerprint density at radius 3 is 2.62 bits per heavy atom. The van der Waals surface area contributed by atoms with Crippen molar-refractivity contribution in [3.05, 3.63) is 23.5 Å². The zero-order valence-electron chi connectivity index (χ0n) is 8.54. The van der Waals surface area contributed by atoms with Crippen LogP contribution in [-0.4, -0.2) is 9.78 Å². The fourth-order valence-electron chi connectivity index (χ4n) is 1.03. The molecule has 3 nitrogen and oxygen atoms in total. The summed E-state index contributed by atoms with van der Waals surface area (Å²) in [6, 6.07) is 0. The lowest BCUT2D eigenvalue weighted by Gasteiger charge is -2.03. The molecule has 1 heterocycles. The van der Waals surface area contributed by atoms with Gasteiger partial charge in [0.2, 0.25) is 0 Å². The van der Waals surface area contributed by atoms with Crippen LogP contribution in [0.25, 0.3) is 0 Å². The molecule has 0 spiro atoms. The third-order valence-electron chi connectivity index (χ3n) is 2.22. The van der Waals surface area contributed by atoms with Crippen LogP contribution in [0.3, 0.4) is 0 Å². The zero-order chi connectivity index (χ0) is 9.84. The Bertz CT molecular complexity index is 306. The molecule has 1 aromatic heterocycles. The summed E-state index contributed by atoms with van der Waals surface area (Å²) >= 11 is 0. The molecule has 0 saturated carbocycles. The lowest BCUT2D eigenvalue weighted by atomic mass is 10.1. The lowest BCUT2D eigenvalue weighted by molar-refractivity contribution is 0.610. The maximum absolute atomic E-state index is 5.55. The van der Waals surface area contributed by atoms with E-state index in [2.05, 4.69) is 25.9 Å². The monoisotopic (exact) mass is 179 g/mol. The largest absolute Gasteiger partial charge is 0.396 e. The van der Waals surface area contributed by atoms with Gasteiger partial charge in [0.1, 0.15) is 0 Å². The average Bonchev–Trinajstić information content (AvgIpc) is 2.47. The number of hydrogen-bond donors (Lipinski definition) is 1. The van der Waals surface area contributed by atoms with Crippen molar-refractivity contribution >= 4 is 5.69 Å². The first-order valence-electron chi connectivity index (χ1n) is 4.50. The van der Waals surface area contributed by atoms with Crippen LogP contribution in [0, 0.1) is 0 Å². The van der Waals surface area contributed by atoms with E-state index in [4.69, 9.17) is 5.73 Å². The van der Waals surface area contributed by atoms with E-state index >= 15 is 0 Å². The molecule has 0 unspecified atom stereocenters. The van der Waals surface area contributed by atoms with Gasteiger partial charge in [-0.05, 0) is 27.2 Å². The second kappa shape index (κ2) is 4.12. The van der Waals surface area contributed by atoms with E-state index in [-0.39, 0.29) is 0 Å². The molecule has 0 bridgehead atoms. The summed E-state index contributed by atoms with van der Waals surface area (Å²) in [4.78, 5) is 0. The van der Waals surface area contributed by atoms with Gasteiger partial charge in [-0.2, -0.15) is 5.10 Å². The fourth-order valence-corrected chi connectivity index (χ4v) is 1.03. The number of allylic oxidation sites excluding steroid dienone is 2. The maximum atomic E-state index is 5.55. The maximum Gasteiger partial charge on any atom is 0.0719 e. The molecule has 13 heavy (non-hydrogen) atoms. The number of anilines is 1. The number of nitrogens with two attached hydrogens (primary N) is 1. The SMILES string of the molecule is CC(C)=C(C)CCn1cc(N)cn1. The van der Waals surface area contributed by atoms with Crippen LogP contribution in [0.4, 0.5) is 5.69 Å². The fraction of sp³-hybridized carbons (Fsp3) is 0.500. The summed E-state index contributed by atoms with van der Waals surface area (Å²) in [5.74, 6) is 0. The molecule has 0 saturated heterocycles. The molecule has 0 amide bonds. The highest BCUT2D eigenvalue weighted by atomic mass is 15.3. The molecule has 1 rings (SSSR count). The van der Waals surface area contributed by atoms with E-state index in [1.165, 1.54) is 11.1 Å². The van der Waals surface area contributed by atoms with Gasteiger partial charge in [-0.3, -0.25) is 4.68 Å². The first-order valence-corrected chi connectivity index (χ1v) is 4.50. The van der Waals surface area contributed by atoms with E-state index in [0.29, 0.717) is 0 Å². The highest BCUT2D eigenvalue weighted by molar-refractivity contribution is 5.30. The van der Waals surface area contributed by atoms with Crippen molar-refractivity contribution in [2.24, 2.45) is 0 Å². The highest BCUT2D eigenvalue weighted by Gasteiger charge is 1.96. The number of rotatable bonds is 3. The van der Waals surface area contributed by atoms with Gasteiger partial charge in [0.25, 0.3) is 0 Å². The summed E-state index contributed by atoms with van der Waals surface area (Å²) in [5, 5.41) is 4.12. The van der Waals surface area contributed by atoms with E-state index in [0.717, 1.165) is 18.7 Å². The third-order valence-corrected chi connectivity index (χ3v) is 2.22. The minimum atomic E-state index is 0.731. The van der Waals surface area contributed by atoms with Crippen LogP contribution in [0.2, 0.25) is 0 Å². The van der Waals surface area contributed by atoms with Gasteiger partial charge in [0.05, 0.1) is 11.9 Å². The molecule has 3 heteroatoms. The molecule has 0 atom stereocenters. The molecule has 72 valence electrons. The minimum absolute atomic E-state index is 0.731. The van der Waals surface area contributed by atoms with Gasteiger partial charge >= 0.3 is 0 Å². The van der Waals surface area contributed by atoms with Crippen LogP contribution >= 0.6 is 0 Å². The third kappa shape index (κ3) is 2.93. The van der Waals surface area contributed by atoms with E-state index in [1.54, 1.807) is 6.20 Å². The van der Waals surface area contributed by atoms with Gasteiger partial charge in [0, 0.05) is 12.7 Å². The van der Waals surface area contributed by atoms with E-state index < -0.39 is 0 Å². The Morgan fingerprint density at radius 2 is 2.15 bits per heavy atom. The van der Waals surface area contributed by atoms with Gasteiger partial charge in [-0.1, -0.05) is 11.1 Å². The molecule has 0 aliphatic rings. The van der Waals surface area contributed by atoms with Crippen molar-refractivity contribution in [3.63, 3.8) is 0 Å². The molecule has 0 aliphatic heterocycles. The van der Waals surface area contributed by atoms with Crippen molar-refractivity contribution < 1.29 is 0 Å². The standard InChI is InChI=1S/C10H17N3/c1-8(2)9(3)4-5-13-7-10(11)6-12-13/h6-7H,4-5,11H2,1-3H3. The van der Waals surface area contributed by atoms with E-state index in [9.17, 15) is 0 Å². The first kappa shape index (κ1) is 9.84. The molecular weight excluding hydrogens is 162 g/mol. The summed E-state index contributed by atoms with van der Waals surface area (Å²) in [6.07, 6.45) is 4.58. The van der Waals surface area contributed by atoms with Crippen molar-refractivity contribution in [1.29, 1.82) is 0 Å². The number of hydrogen-bond acceptors (Lipinski definition) is 2. The molecular formula is C10H17N3. The van der Waals surface area contributed by atoms with Crippen LogP contribution in [0.5, 0.6) is 0 Å². The van der Waals surface area contributed by atoms with Gasteiger partial charge < -0.3 is 5.73 Å². The van der Waals surface area contributed by atoms with Crippen LogP contribution < -0.4 is 5.73 Å². The molecule has 2 N–H and O–H groups in total.